The molecule has 1 atom stereocenters. The fraction of sp³-hybridized carbons (Fsp3) is 0.727. The van der Waals surface area contributed by atoms with E-state index in [1.807, 2.05) is 6.92 Å². The van der Waals surface area contributed by atoms with E-state index in [0.29, 0.717) is 6.42 Å². The van der Waals surface area contributed by atoms with Gasteiger partial charge in [-0.05, 0) is 12.8 Å². The number of alkyl halides is 3. The van der Waals surface area contributed by atoms with Gasteiger partial charge in [0.25, 0.3) is 5.60 Å². The summed E-state index contributed by atoms with van der Waals surface area (Å²) in [6.45, 7) is 2.00. The molecule has 0 rings (SSSR count). The summed E-state index contributed by atoms with van der Waals surface area (Å²) in [6, 6.07) is 0. The number of hydrogen-bond acceptors (Lipinski definition) is 2. The van der Waals surface area contributed by atoms with Crippen molar-refractivity contribution in [2.75, 3.05) is 0 Å². The molecule has 2 N–H and O–H groups in total. The highest BCUT2D eigenvalue weighted by Gasteiger charge is 2.59. The van der Waals surface area contributed by atoms with E-state index >= 15 is 0 Å². The molecular formula is C11H17F3O3. The summed E-state index contributed by atoms with van der Waals surface area (Å²) >= 11 is 0. The van der Waals surface area contributed by atoms with Crippen LogP contribution >= 0.6 is 0 Å². The first-order chi connectivity index (χ1) is 7.75. The minimum atomic E-state index is -5.17. The molecule has 0 radical (unpaired) electrons. The largest absolute Gasteiger partial charge is 0.479 e. The molecule has 100 valence electrons. The Kier molecular flexibility index (Phi) is 6.23. The van der Waals surface area contributed by atoms with Gasteiger partial charge in [0.1, 0.15) is 0 Å². The van der Waals surface area contributed by atoms with Gasteiger partial charge in [-0.25, -0.2) is 4.79 Å². The maximum Gasteiger partial charge on any atom is 0.428 e. The molecule has 0 saturated heterocycles. The van der Waals surface area contributed by atoms with Crippen LogP contribution in [0.3, 0.4) is 0 Å². The summed E-state index contributed by atoms with van der Waals surface area (Å²) in [5.74, 6) is -2.27. The summed E-state index contributed by atoms with van der Waals surface area (Å²) in [7, 11) is 0. The van der Waals surface area contributed by atoms with Crippen LogP contribution in [-0.2, 0) is 4.79 Å². The zero-order valence-electron chi connectivity index (χ0n) is 9.63. The number of aliphatic carboxylic acids is 1. The molecule has 0 amide bonds. The lowest BCUT2D eigenvalue weighted by Crippen LogP contribution is -2.51. The molecule has 0 aliphatic carbocycles. The molecule has 3 nitrogen and oxygen atoms in total. The Morgan fingerprint density at radius 1 is 1.24 bits per heavy atom. The van der Waals surface area contributed by atoms with Gasteiger partial charge >= 0.3 is 12.1 Å². The minimum absolute atomic E-state index is 0.585. The monoisotopic (exact) mass is 254 g/mol. The van der Waals surface area contributed by atoms with Gasteiger partial charge in [-0.1, -0.05) is 31.9 Å². The topological polar surface area (TPSA) is 57.5 Å². The van der Waals surface area contributed by atoms with Crippen LogP contribution in [0, 0.1) is 0 Å². The zero-order chi connectivity index (χ0) is 13.5. The van der Waals surface area contributed by atoms with Crippen molar-refractivity contribution in [2.45, 2.75) is 50.8 Å². The van der Waals surface area contributed by atoms with Crippen molar-refractivity contribution in [1.82, 2.24) is 0 Å². The van der Waals surface area contributed by atoms with E-state index in [-0.39, 0.29) is 0 Å². The normalized spacial score (nSPS) is 16.1. The average Bonchev–Trinajstić information content (AvgIpc) is 2.20. The summed E-state index contributed by atoms with van der Waals surface area (Å²) in [6.07, 6.45) is -0.217. The highest BCUT2D eigenvalue weighted by Crippen LogP contribution is 2.33. The van der Waals surface area contributed by atoms with Gasteiger partial charge in [-0.3, -0.25) is 0 Å². The molecule has 0 saturated carbocycles. The molecule has 0 aromatic heterocycles. The van der Waals surface area contributed by atoms with E-state index < -0.39 is 24.2 Å². The van der Waals surface area contributed by atoms with Crippen LogP contribution in [0.2, 0.25) is 0 Å². The van der Waals surface area contributed by atoms with E-state index in [1.54, 1.807) is 0 Å². The Balaban J connectivity index is 4.34. The number of hydrogen-bond donors (Lipinski definition) is 2. The highest BCUT2D eigenvalue weighted by molar-refractivity contribution is 5.78. The lowest BCUT2D eigenvalue weighted by molar-refractivity contribution is -0.258. The maximum atomic E-state index is 12.3. The number of allylic oxidation sites excluding steroid dienone is 1. The van der Waals surface area contributed by atoms with E-state index in [1.165, 1.54) is 6.08 Å². The van der Waals surface area contributed by atoms with Crippen LogP contribution in [0.4, 0.5) is 13.2 Å². The highest BCUT2D eigenvalue weighted by atomic mass is 19.4. The molecule has 0 spiro atoms. The number of carboxylic acid groups (broad SMARTS) is 1. The van der Waals surface area contributed by atoms with Gasteiger partial charge in [0, 0.05) is 6.42 Å². The Labute approximate surface area is 97.9 Å². The summed E-state index contributed by atoms with van der Waals surface area (Å²) in [5, 5.41) is 17.5. The van der Waals surface area contributed by atoms with Crippen LogP contribution in [0.15, 0.2) is 12.2 Å². The molecule has 0 bridgehead atoms. The number of carboxylic acids is 1. The first-order valence-electron chi connectivity index (χ1n) is 5.43. The first-order valence-corrected chi connectivity index (χ1v) is 5.43. The van der Waals surface area contributed by atoms with Crippen LogP contribution in [-0.4, -0.2) is 28.0 Å². The molecule has 0 unspecified atom stereocenters. The third-order valence-electron chi connectivity index (χ3n) is 2.38. The number of unbranched alkanes of at least 4 members (excludes halogenated alkanes) is 3. The third-order valence-corrected chi connectivity index (χ3v) is 2.38. The van der Waals surface area contributed by atoms with Crippen molar-refractivity contribution in [3.05, 3.63) is 12.2 Å². The molecule has 0 heterocycles. The molecular weight excluding hydrogens is 237 g/mol. The van der Waals surface area contributed by atoms with Crippen molar-refractivity contribution in [3.8, 4) is 0 Å². The first kappa shape index (κ1) is 16.0. The standard InChI is InChI=1S/C11H17F3O3/c1-2-3-4-5-6-7-8-10(17,9(15)16)11(12,13)14/h6-7,17H,2-5,8H2,1H3,(H,15,16)/b7-6+/t10-/m0/s1. The van der Waals surface area contributed by atoms with E-state index in [4.69, 9.17) is 10.2 Å². The number of rotatable bonds is 7. The fourth-order valence-electron chi connectivity index (χ4n) is 1.21. The van der Waals surface area contributed by atoms with Gasteiger partial charge in [0.2, 0.25) is 0 Å². The SMILES string of the molecule is CCCCC/C=C/C[C@](O)(C(=O)O)C(F)(F)F. The second kappa shape index (κ2) is 6.64. The molecule has 0 aliphatic rings. The number of halogens is 3. The molecule has 0 aromatic rings. The molecule has 0 aromatic carbocycles. The summed E-state index contributed by atoms with van der Waals surface area (Å²) < 4.78 is 37.0. The van der Waals surface area contributed by atoms with Gasteiger partial charge in [0.05, 0.1) is 0 Å². The van der Waals surface area contributed by atoms with Crippen molar-refractivity contribution in [2.24, 2.45) is 0 Å². The van der Waals surface area contributed by atoms with Crippen molar-refractivity contribution < 1.29 is 28.2 Å². The van der Waals surface area contributed by atoms with Crippen LogP contribution in [0.5, 0.6) is 0 Å². The lowest BCUT2D eigenvalue weighted by atomic mass is 9.98. The van der Waals surface area contributed by atoms with Crippen molar-refractivity contribution in [1.29, 1.82) is 0 Å². The Hall–Kier alpha value is -1.04. The van der Waals surface area contributed by atoms with Crippen LogP contribution in [0.1, 0.15) is 39.0 Å². The minimum Gasteiger partial charge on any atom is -0.479 e. The average molecular weight is 254 g/mol. The number of aliphatic hydroxyl groups is 1. The quantitative estimate of drug-likeness (QED) is 0.542. The second-order valence-electron chi connectivity index (χ2n) is 3.83. The van der Waals surface area contributed by atoms with E-state index in [2.05, 4.69) is 0 Å². The predicted octanol–water partition coefficient (Wildman–Crippen LogP) is 2.89. The van der Waals surface area contributed by atoms with Gasteiger partial charge in [0.15, 0.2) is 0 Å². The van der Waals surface area contributed by atoms with Crippen LogP contribution in [0.25, 0.3) is 0 Å². The van der Waals surface area contributed by atoms with E-state index in [0.717, 1.165) is 25.3 Å². The molecule has 6 heteroatoms. The second-order valence-corrected chi connectivity index (χ2v) is 3.83. The molecule has 0 aliphatic heterocycles. The van der Waals surface area contributed by atoms with Crippen molar-refractivity contribution >= 4 is 5.97 Å². The summed E-state index contributed by atoms with van der Waals surface area (Å²) in [4.78, 5) is 10.4. The van der Waals surface area contributed by atoms with E-state index in [9.17, 15) is 18.0 Å². The number of carbonyl (C=O) groups is 1. The Bertz CT molecular complexity index is 274. The smallest absolute Gasteiger partial charge is 0.428 e. The van der Waals surface area contributed by atoms with Crippen molar-refractivity contribution in [3.63, 3.8) is 0 Å². The third kappa shape index (κ3) is 4.77. The zero-order valence-corrected chi connectivity index (χ0v) is 9.63. The Morgan fingerprint density at radius 2 is 1.82 bits per heavy atom. The fourth-order valence-corrected chi connectivity index (χ4v) is 1.21. The maximum absolute atomic E-state index is 12.3. The predicted molar refractivity (Wildman–Crippen MR) is 56.5 cm³/mol. The lowest BCUT2D eigenvalue weighted by Gasteiger charge is -2.24. The van der Waals surface area contributed by atoms with Gasteiger partial charge < -0.3 is 10.2 Å². The van der Waals surface area contributed by atoms with Gasteiger partial charge in [-0.2, -0.15) is 13.2 Å². The van der Waals surface area contributed by atoms with Crippen LogP contribution < -0.4 is 0 Å². The molecule has 17 heavy (non-hydrogen) atoms. The Morgan fingerprint density at radius 3 is 2.24 bits per heavy atom. The summed E-state index contributed by atoms with van der Waals surface area (Å²) in [5.41, 5.74) is -3.69. The molecule has 0 fully saturated rings. The van der Waals surface area contributed by atoms with Gasteiger partial charge in [-0.15, -0.1) is 0 Å².